The number of carbonyl (C=O) groups excluding carboxylic acids is 1. The van der Waals surface area contributed by atoms with Crippen molar-refractivity contribution in [2.75, 3.05) is 0 Å². The molecule has 0 radical (unpaired) electrons. The van der Waals surface area contributed by atoms with Gasteiger partial charge in [0.1, 0.15) is 0 Å². The summed E-state index contributed by atoms with van der Waals surface area (Å²) in [5.41, 5.74) is 2.10. The maximum Gasteiger partial charge on any atom is 0.250 e. The third-order valence-corrected chi connectivity index (χ3v) is 5.82. The molecule has 1 aromatic heterocycles. The van der Waals surface area contributed by atoms with Gasteiger partial charge < -0.3 is 0 Å². The lowest BCUT2D eigenvalue weighted by Gasteiger charge is -2.20. The van der Waals surface area contributed by atoms with Crippen LogP contribution in [0.25, 0.3) is 22.2 Å². The van der Waals surface area contributed by atoms with Gasteiger partial charge in [0.05, 0.1) is 0 Å². The Balaban J connectivity index is 1.58. The summed E-state index contributed by atoms with van der Waals surface area (Å²) in [5, 5.41) is 7.49. The zero-order valence-corrected chi connectivity index (χ0v) is 14.7. The van der Waals surface area contributed by atoms with Crippen LogP contribution in [0.5, 0.6) is 0 Å². The van der Waals surface area contributed by atoms with Crippen LogP contribution < -0.4 is 0 Å². The van der Waals surface area contributed by atoms with Gasteiger partial charge in [-0.25, -0.2) is 4.98 Å². The molecule has 4 nitrogen and oxygen atoms in total. The molecule has 0 saturated heterocycles. The summed E-state index contributed by atoms with van der Waals surface area (Å²) in [6.07, 6.45) is 0.431. The molecule has 5 heteroatoms. The van der Waals surface area contributed by atoms with Gasteiger partial charge in [-0.2, -0.15) is 4.68 Å². The maximum atomic E-state index is 12.6. The van der Waals surface area contributed by atoms with E-state index in [9.17, 15) is 4.79 Å². The van der Waals surface area contributed by atoms with Crippen LogP contribution >= 0.6 is 11.8 Å². The molecule has 0 spiro atoms. The Morgan fingerprint density at radius 2 is 1.69 bits per heavy atom. The lowest BCUT2D eigenvalue weighted by atomic mass is 10.0. The van der Waals surface area contributed by atoms with Crippen LogP contribution in [0.4, 0.5) is 0 Å². The van der Waals surface area contributed by atoms with E-state index in [4.69, 9.17) is 4.98 Å². The highest BCUT2D eigenvalue weighted by Gasteiger charge is 2.30. The summed E-state index contributed by atoms with van der Waals surface area (Å²) in [7, 11) is 0. The van der Waals surface area contributed by atoms with Gasteiger partial charge in [0.2, 0.25) is 0 Å². The predicted molar refractivity (Wildman–Crippen MR) is 103 cm³/mol. The molecule has 1 unspecified atom stereocenters. The second kappa shape index (κ2) is 6.11. The van der Waals surface area contributed by atoms with Gasteiger partial charge in [0.15, 0.2) is 11.0 Å². The number of nitrogens with zero attached hydrogens (tertiary/aromatic N) is 3. The molecule has 3 aromatic carbocycles. The van der Waals surface area contributed by atoms with Crippen LogP contribution in [0, 0.1) is 0 Å². The molecule has 0 saturated carbocycles. The number of rotatable bonds is 2. The first-order valence-corrected chi connectivity index (χ1v) is 9.37. The van der Waals surface area contributed by atoms with Crippen molar-refractivity contribution in [2.45, 2.75) is 16.8 Å². The first-order valence-electron chi connectivity index (χ1n) is 8.49. The van der Waals surface area contributed by atoms with E-state index < -0.39 is 0 Å². The molecule has 0 N–H and O–H groups in total. The Morgan fingerprint density at radius 1 is 0.923 bits per heavy atom. The molecule has 0 fully saturated rings. The van der Waals surface area contributed by atoms with E-state index in [1.54, 1.807) is 11.8 Å². The molecule has 0 bridgehead atoms. The van der Waals surface area contributed by atoms with Crippen molar-refractivity contribution in [2.24, 2.45) is 0 Å². The second-order valence-corrected chi connectivity index (χ2v) is 7.44. The van der Waals surface area contributed by atoms with E-state index in [0.717, 1.165) is 21.9 Å². The molecule has 4 aromatic rings. The molecular weight excluding hydrogens is 342 g/mol. The van der Waals surface area contributed by atoms with Crippen molar-refractivity contribution in [3.63, 3.8) is 0 Å². The van der Waals surface area contributed by atoms with Crippen LogP contribution in [0.2, 0.25) is 0 Å². The number of benzene rings is 3. The number of aromatic nitrogens is 3. The average molecular weight is 357 g/mol. The Hall–Kier alpha value is -2.92. The van der Waals surface area contributed by atoms with Crippen molar-refractivity contribution >= 4 is 28.4 Å². The van der Waals surface area contributed by atoms with E-state index in [0.29, 0.717) is 17.4 Å². The summed E-state index contributed by atoms with van der Waals surface area (Å²) in [6, 6.07) is 24.3. The SMILES string of the molecule is O=C1CC(c2ccccc2)Sc2nc(-c3cccc4ccccc34)nn21. The van der Waals surface area contributed by atoms with Gasteiger partial charge in [-0.3, -0.25) is 4.79 Å². The minimum absolute atomic E-state index is 0.00779. The van der Waals surface area contributed by atoms with Crippen molar-refractivity contribution in [3.05, 3.63) is 78.4 Å². The third kappa shape index (κ3) is 2.52. The number of carbonyl (C=O) groups is 1. The lowest BCUT2D eigenvalue weighted by Crippen LogP contribution is -2.20. The molecule has 126 valence electrons. The Morgan fingerprint density at radius 3 is 2.58 bits per heavy atom. The minimum Gasteiger partial charge on any atom is -0.272 e. The fourth-order valence-electron chi connectivity index (χ4n) is 3.34. The minimum atomic E-state index is -0.00779. The van der Waals surface area contributed by atoms with Crippen molar-refractivity contribution < 1.29 is 4.79 Å². The lowest BCUT2D eigenvalue weighted by molar-refractivity contribution is 0.0868. The summed E-state index contributed by atoms with van der Waals surface area (Å²) < 4.78 is 1.46. The summed E-state index contributed by atoms with van der Waals surface area (Å²) in [6.45, 7) is 0. The maximum absolute atomic E-state index is 12.6. The molecule has 0 aliphatic carbocycles. The molecule has 26 heavy (non-hydrogen) atoms. The average Bonchev–Trinajstić information content (AvgIpc) is 3.13. The largest absolute Gasteiger partial charge is 0.272 e. The van der Waals surface area contributed by atoms with Crippen LogP contribution in [-0.2, 0) is 0 Å². The van der Waals surface area contributed by atoms with E-state index in [2.05, 4.69) is 35.4 Å². The molecule has 5 rings (SSSR count). The van der Waals surface area contributed by atoms with Crippen LogP contribution in [-0.4, -0.2) is 20.7 Å². The Kier molecular flexibility index (Phi) is 3.60. The first-order chi connectivity index (χ1) is 12.8. The third-order valence-electron chi connectivity index (χ3n) is 4.62. The zero-order chi connectivity index (χ0) is 17.5. The number of thioether (sulfide) groups is 1. The van der Waals surface area contributed by atoms with Gasteiger partial charge in [-0.15, -0.1) is 5.10 Å². The topological polar surface area (TPSA) is 47.8 Å². The Labute approximate surface area is 154 Å². The van der Waals surface area contributed by atoms with Crippen molar-refractivity contribution in [1.29, 1.82) is 0 Å². The van der Waals surface area contributed by atoms with Crippen LogP contribution in [0.1, 0.15) is 22.0 Å². The van der Waals surface area contributed by atoms with Gasteiger partial charge in [-0.05, 0) is 16.3 Å². The highest BCUT2D eigenvalue weighted by Crippen LogP contribution is 2.41. The monoisotopic (exact) mass is 357 g/mol. The molecule has 0 amide bonds. The molecular formula is C21H15N3OS. The van der Waals surface area contributed by atoms with Gasteiger partial charge >= 0.3 is 0 Å². The van der Waals surface area contributed by atoms with Crippen molar-refractivity contribution in [3.8, 4) is 11.4 Å². The Bertz CT molecular complexity index is 1120. The second-order valence-electron chi connectivity index (χ2n) is 6.27. The van der Waals surface area contributed by atoms with E-state index >= 15 is 0 Å². The highest BCUT2D eigenvalue weighted by molar-refractivity contribution is 7.99. The number of fused-ring (bicyclic) bond motifs is 2. The summed E-state index contributed by atoms with van der Waals surface area (Å²) in [5.74, 6) is 0.595. The summed E-state index contributed by atoms with van der Waals surface area (Å²) in [4.78, 5) is 17.3. The first kappa shape index (κ1) is 15.3. The van der Waals surface area contributed by atoms with Gasteiger partial charge in [0, 0.05) is 17.2 Å². The van der Waals surface area contributed by atoms with E-state index in [-0.39, 0.29) is 11.2 Å². The number of hydrogen-bond donors (Lipinski definition) is 0. The predicted octanol–water partition coefficient (Wildman–Crippen LogP) is 4.98. The van der Waals surface area contributed by atoms with Crippen LogP contribution in [0.15, 0.2) is 78.0 Å². The molecule has 1 aliphatic heterocycles. The fraction of sp³-hybridized carbons (Fsp3) is 0.0952. The number of hydrogen-bond acceptors (Lipinski definition) is 4. The van der Waals surface area contributed by atoms with E-state index in [1.165, 1.54) is 4.68 Å². The summed E-state index contributed by atoms with van der Waals surface area (Å²) >= 11 is 1.60. The van der Waals surface area contributed by atoms with Gasteiger partial charge in [-0.1, -0.05) is 84.6 Å². The standard InChI is InChI=1S/C21H15N3OS/c25-19-13-18(15-8-2-1-3-9-15)26-21-22-20(23-24(19)21)17-12-6-10-14-7-4-5-11-16(14)17/h1-12,18H,13H2. The fourth-order valence-corrected chi connectivity index (χ4v) is 4.49. The highest BCUT2D eigenvalue weighted by atomic mass is 32.2. The molecule has 1 atom stereocenters. The van der Waals surface area contributed by atoms with E-state index in [1.807, 2.05) is 42.5 Å². The molecule has 1 aliphatic rings. The zero-order valence-electron chi connectivity index (χ0n) is 13.9. The molecule has 2 heterocycles. The smallest absolute Gasteiger partial charge is 0.250 e. The normalized spacial score (nSPS) is 16.6. The quantitative estimate of drug-likeness (QED) is 0.508. The van der Waals surface area contributed by atoms with Crippen LogP contribution in [0.3, 0.4) is 0 Å². The van der Waals surface area contributed by atoms with Crippen molar-refractivity contribution in [1.82, 2.24) is 14.8 Å². The van der Waals surface area contributed by atoms with Gasteiger partial charge in [0.25, 0.3) is 5.91 Å².